The zero-order chi connectivity index (χ0) is 7.68. The highest BCUT2D eigenvalue weighted by molar-refractivity contribution is 4.86. The summed E-state index contributed by atoms with van der Waals surface area (Å²) in [4.78, 5) is 5.23. The quantitative estimate of drug-likeness (QED) is 0.551. The molecule has 2 aliphatic heterocycles. The van der Waals surface area contributed by atoms with Crippen molar-refractivity contribution in [3.8, 4) is 0 Å². The van der Waals surface area contributed by atoms with Crippen molar-refractivity contribution in [3.05, 3.63) is 0 Å². The van der Waals surface area contributed by atoms with Crippen LogP contribution < -0.4 is 0 Å². The summed E-state index contributed by atoms with van der Waals surface area (Å²) >= 11 is 0. The molecule has 2 fully saturated rings. The number of hydrogen-bond donors (Lipinski definition) is 0. The van der Waals surface area contributed by atoms with Crippen LogP contribution in [0.1, 0.15) is 19.8 Å². The van der Waals surface area contributed by atoms with Crippen molar-refractivity contribution < 1.29 is 0 Å². The first-order valence-electron chi connectivity index (χ1n) is 4.86. The Hall–Kier alpha value is -0.0800. The number of fused-ring (bicyclic) bond motifs is 1. The minimum Gasteiger partial charge on any atom is -0.301 e. The molecule has 0 aliphatic carbocycles. The fourth-order valence-electron chi connectivity index (χ4n) is 2.34. The second-order valence-corrected chi connectivity index (χ2v) is 3.73. The normalized spacial score (nSPS) is 34.1. The molecule has 0 unspecified atom stereocenters. The second-order valence-electron chi connectivity index (χ2n) is 3.73. The van der Waals surface area contributed by atoms with Gasteiger partial charge in [-0.2, -0.15) is 0 Å². The summed E-state index contributed by atoms with van der Waals surface area (Å²) in [7, 11) is 0. The van der Waals surface area contributed by atoms with E-state index in [4.69, 9.17) is 0 Å². The van der Waals surface area contributed by atoms with Crippen LogP contribution in [0.3, 0.4) is 0 Å². The molecule has 64 valence electrons. The summed E-state index contributed by atoms with van der Waals surface area (Å²) in [6.45, 7) is 8.82. The number of rotatable bonds is 1. The largest absolute Gasteiger partial charge is 0.301 e. The molecule has 11 heavy (non-hydrogen) atoms. The van der Waals surface area contributed by atoms with E-state index >= 15 is 0 Å². The predicted octanol–water partition coefficient (Wildman–Crippen LogP) is 0.786. The van der Waals surface area contributed by atoms with E-state index in [0.717, 1.165) is 6.04 Å². The van der Waals surface area contributed by atoms with Gasteiger partial charge in [-0.15, -0.1) is 0 Å². The minimum atomic E-state index is 0.906. The van der Waals surface area contributed by atoms with Gasteiger partial charge in [0.25, 0.3) is 0 Å². The first-order valence-corrected chi connectivity index (χ1v) is 4.86. The average molecular weight is 154 g/mol. The smallest absolute Gasteiger partial charge is 0.0224 e. The lowest BCUT2D eigenvalue weighted by Crippen LogP contribution is -2.49. The van der Waals surface area contributed by atoms with Gasteiger partial charge in [-0.3, -0.25) is 4.90 Å². The van der Waals surface area contributed by atoms with Gasteiger partial charge in [-0.25, -0.2) is 0 Å². The number of nitrogens with zero attached hydrogens (tertiary/aromatic N) is 2. The van der Waals surface area contributed by atoms with Crippen LogP contribution in [0.25, 0.3) is 0 Å². The maximum absolute atomic E-state index is 2.66. The summed E-state index contributed by atoms with van der Waals surface area (Å²) < 4.78 is 0. The molecular formula is C9H18N2. The van der Waals surface area contributed by atoms with Crippen LogP contribution in [0.5, 0.6) is 0 Å². The Morgan fingerprint density at radius 1 is 1.27 bits per heavy atom. The Labute approximate surface area is 69.2 Å². The van der Waals surface area contributed by atoms with Gasteiger partial charge < -0.3 is 4.90 Å². The molecule has 0 spiro atoms. The van der Waals surface area contributed by atoms with Gasteiger partial charge in [-0.05, 0) is 25.9 Å². The van der Waals surface area contributed by atoms with E-state index in [2.05, 4.69) is 16.7 Å². The highest BCUT2D eigenvalue weighted by Gasteiger charge is 2.29. The summed E-state index contributed by atoms with van der Waals surface area (Å²) in [6, 6.07) is 0.906. The summed E-state index contributed by atoms with van der Waals surface area (Å²) in [5.74, 6) is 0. The SMILES string of the molecule is CCN1CCN2CCC[C@@H]2C1. The number of piperazine rings is 1. The van der Waals surface area contributed by atoms with E-state index in [9.17, 15) is 0 Å². The first kappa shape index (κ1) is 7.56. The Kier molecular flexibility index (Phi) is 2.14. The van der Waals surface area contributed by atoms with Crippen molar-refractivity contribution in [2.24, 2.45) is 0 Å². The van der Waals surface area contributed by atoms with Crippen LogP contribution in [0.4, 0.5) is 0 Å². The summed E-state index contributed by atoms with van der Waals surface area (Å²) in [5.41, 5.74) is 0. The Bertz CT molecular complexity index is 136. The molecule has 2 saturated heterocycles. The van der Waals surface area contributed by atoms with Gasteiger partial charge in [0.05, 0.1) is 0 Å². The van der Waals surface area contributed by atoms with Crippen molar-refractivity contribution in [1.82, 2.24) is 9.80 Å². The molecule has 2 rings (SSSR count). The first-order chi connectivity index (χ1) is 5.40. The molecule has 0 aromatic carbocycles. The van der Waals surface area contributed by atoms with Gasteiger partial charge >= 0.3 is 0 Å². The fraction of sp³-hybridized carbons (Fsp3) is 1.00. The van der Waals surface area contributed by atoms with Crippen LogP contribution in [-0.4, -0.2) is 48.6 Å². The number of likely N-dealkylation sites (N-methyl/N-ethyl adjacent to an activating group) is 1. The van der Waals surface area contributed by atoms with E-state index in [0.29, 0.717) is 0 Å². The number of hydrogen-bond acceptors (Lipinski definition) is 2. The molecule has 0 aromatic heterocycles. The van der Waals surface area contributed by atoms with Crippen LogP contribution in [0.2, 0.25) is 0 Å². The maximum Gasteiger partial charge on any atom is 0.0224 e. The van der Waals surface area contributed by atoms with Crippen LogP contribution in [0.15, 0.2) is 0 Å². The molecule has 0 bridgehead atoms. The maximum atomic E-state index is 2.66. The van der Waals surface area contributed by atoms with Crippen molar-refractivity contribution in [2.75, 3.05) is 32.7 Å². The lowest BCUT2D eigenvalue weighted by atomic mass is 10.1. The fourth-order valence-corrected chi connectivity index (χ4v) is 2.34. The third-order valence-electron chi connectivity index (χ3n) is 3.12. The summed E-state index contributed by atoms with van der Waals surface area (Å²) in [5, 5.41) is 0. The predicted molar refractivity (Wildman–Crippen MR) is 46.7 cm³/mol. The van der Waals surface area contributed by atoms with E-state index in [1.165, 1.54) is 45.6 Å². The van der Waals surface area contributed by atoms with Gasteiger partial charge in [0.1, 0.15) is 0 Å². The van der Waals surface area contributed by atoms with Gasteiger partial charge in [0.2, 0.25) is 0 Å². The van der Waals surface area contributed by atoms with E-state index in [-0.39, 0.29) is 0 Å². The molecule has 0 radical (unpaired) electrons. The topological polar surface area (TPSA) is 6.48 Å². The lowest BCUT2D eigenvalue weighted by molar-refractivity contribution is 0.109. The van der Waals surface area contributed by atoms with E-state index in [1.54, 1.807) is 0 Å². The van der Waals surface area contributed by atoms with Gasteiger partial charge in [0, 0.05) is 25.7 Å². The molecule has 0 aromatic rings. The van der Waals surface area contributed by atoms with E-state index < -0.39 is 0 Å². The standard InChI is InChI=1S/C9H18N2/c1-2-10-6-7-11-5-3-4-9(11)8-10/h9H,2-8H2,1H3/t9-/m1/s1. The second kappa shape index (κ2) is 3.11. The zero-order valence-electron chi connectivity index (χ0n) is 7.42. The molecule has 2 heteroatoms. The van der Waals surface area contributed by atoms with Crippen LogP contribution >= 0.6 is 0 Å². The van der Waals surface area contributed by atoms with E-state index in [1.807, 2.05) is 0 Å². The molecule has 0 amide bonds. The van der Waals surface area contributed by atoms with Gasteiger partial charge in [0.15, 0.2) is 0 Å². The van der Waals surface area contributed by atoms with Crippen molar-refractivity contribution >= 4 is 0 Å². The molecule has 0 N–H and O–H groups in total. The van der Waals surface area contributed by atoms with Crippen molar-refractivity contribution in [2.45, 2.75) is 25.8 Å². The molecule has 2 aliphatic rings. The highest BCUT2D eigenvalue weighted by Crippen LogP contribution is 2.20. The third kappa shape index (κ3) is 1.42. The van der Waals surface area contributed by atoms with Crippen LogP contribution in [0, 0.1) is 0 Å². The van der Waals surface area contributed by atoms with Gasteiger partial charge in [-0.1, -0.05) is 6.92 Å². The van der Waals surface area contributed by atoms with Crippen molar-refractivity contribution in [3.63, 3.8) is 0 Å². The Balaban J connectivity index is 1.91. The lowest BCUT2D eigenvalue weighted by Gasteiger charge is -2.36. The highest BCUT2D eigenvalue weighted by atomic mass is 15.3. The van der Waals surface area contributed by atoms with Crippen molar-refractivity contribution in [1.29, 1.82) is 0 Å². The molecule has 1 atom stereocenters. The zero-order valence-corrected chi connectivity index (χ0v) is 7.42. The molecular weight excluding hydrogens is 136 g/mol. The summed E-state index contributed by atoms with van der Waals surface area (Å²) in [6.07, 6.45) is 2.87. The molecule has 0 saturated carbocycles. The average Bonchev–Trinajstić information content (AvgIpc) is 2.50. The Morgan fingerprint density at radius 2 is 2.18 bits per heavy atom. The molecule has 2 heterocycles. The Morgan fingerprint density at radius 3 is 3.00 bits per heavy atom. The molecule has 2 nitrogen and oxygen atoms in total. The third-order valence-corrected chi connectivity index (χ3v) is 3.12. The van der Waals surface area contributed by atoms with Crippen LogP contribution in [-0.2, 0) is 0 Å². The minimum absolute atomic E-state index is 0.906. The monoisotopic (exact) mass is 154 g/mol.